The Hall–Kier alpha value is -2.62. The SMILES string of the molecule is Cc1ccc(C)c(N[C@H]2CC(=O)N(c3c(C)cccc3C)C2=O)c1. The number of nitrogens with one attached hydrogen (secondary N) is 1. The van der Waals surface area contributed by atoms with E-state index in [4.69, 9.17) is 0 Å². The van der Waals surface area contributed by atoms with E-state index in [1.807, 2.05) is 64.1 Å². The third-order valence-electron chi connectivity index (χ3n) is 4.53. The topological polar surface area (TPSA) is 49.4 Å². The number of para-hydroxylation sites is 1. The van der Waals surface area contributed by atoms with Crippen LogP contribution >= 0.6 is 0 Å². The lowest BCUT2D eigenvalue weighted by Crippen LogP contribution is -2.35. The first kappa shape index (κ1) is 16.2. The highest BCUT2D eigenvalue weighted by Crippen LogP contribution is 2.31. The van der Waals surface area contributed by atoms with Crippen LogP contribution in [0.25, 0.3) is 0 Å². The van der Waals surface area contributed by atoms with E-state index < -0.39 is 6.04 Å². The molecule has 2 amide bonds. The summed E-state index contributed by atoms with van der Waals surface area (Å²) in [4.78, 5) is 26.7. The number of hydrogen-bond acceptors (Lipinski definition) is 3. The molecule has 0 unspecified atom stereocenters. The molecule has 0 radical (unpaired) electrons. The predicted molar refractivity (Wildman–Crippen MR) is 96.4 cm³/mol. The van der Waals surface area contributed by atoms with E-state index in [1.54, 1.807) is 0 Å². The molecule has 1 N–H and O–H groups in total. The highest BCUT2D eigenvalue weighted by atomic mass is 16.2. The number of hydrogen-bond donors (Lipinski definition) is 1. The lowest BCUT2D eigenvalue weighted by Gasteiger charge is -2.20. The Morgan fingerprint density at radius 3 is 2.29 bits per heavy atom. The summed E-state index contributed by atoms with van der Waals surface area (Å²) in [7, 11) is 0. The Kier molecular flexibility index (Phi) is 4.14. The Bertz CT molecular complexity index is 806. The van der Waals surface area contributed by atoms with Gasteiger partial charge in [0.1, 0.15) is 6.04 Å². The maximum Gasteiger partial charge on any atom is 0.256 e. The van der Waals surface area contributed by atoms with Gasteiger partial charge in [0.15, 0.2) is 0 Å². The standard InChI is InChI=1S/C20H22N2O2/c1-12-8-9-13(2)16(10-12)21-17-11-18(23)22(20(17)24)19-14(3)6-5-7-15(19)4/h5-10,17,21H,11H2,1-4H3/t17-/m0/s1. The van der Waals surface area contributed by atoms with Crippen LogP contribution in [0.2, 0.25) is 0 Å². The van der Waals surface area contributed by atoms with E-state index >= 15 is 0 Å². The van der Waals surface area contributed by atoms with Gasteiger partial charge >= 0.3 is 0 Å². The molecule has 1 aliphatic heterocycles. The van der Waals surface area contributed by atoms with Crippen molar-refractivity contribution in [2.75, 3.05) is 10.2 Å². The van der Waals surface area contributed by atoms with Crippen LogP contribution in [0.15, 0.2) is 36.4 Å². The van der Waals surface area contributed by atoms with Crippen LogP contribution in [-0.2, 0) is 9.59 Å². The third-order valence-corrected chi connectivity index (χ3v) is 4.53. The molecule has 0 aliphatic carbocycles. The highest BCUT2D eigenvalue weighted by molar-refractivity contribution is 6.23. The smallest absolute Gasteiger partial charge is 0.256 e. The Balaban J connectivity index is 1.91. The Labute approximate surface area is 142 Å². The zero-order valence-electron chi connectivity index (χ0n) is 14.5. The van der Waals surface area contributed by atoms with Gasteiger partial charge in [0.25, 0.3) is 5.91 Å². The maximum absolute atomic E-state index is 12.9. The molecule has 0 bridgehead atoms. The van der Waals surface area contributed by atoms with Crippen molar-refractivity contribution in [3.63, 3.8) is 0 Å². The molecular weight excluding hydrogens is 300 g/mol. The number of imide groups is 1. The van der Waals surface area contributed by atoms with Crippen LogP contribution in [0.3, 0.4) is 0 Å². The van der Waals surface area contributed by atoms with E-state index in [-0.39, 0.29) is 18.2 Å². The van der Waals surface area contributed by atoms with Crippen molar-refractivity contribution in [1.82, 2.24) is 0 Å². The lowest BCUT2D eigenvalue weighted by molar-refractivity contribution is -0.121. The zero-order valence-corrected chi connectivity index (χ0v) is 14.5. The van der Waals surface area contributed by atoms with Crippen LogP contribution in [0.5, 0.6) is 0 Å². The fraction of sp³-hybridized carbons (Fsp3) is 0.300. The average Bonchev–Trinajstić information content (AvgIpc) is 2.78. The first-order valence-electron chi connectivity index (χ1n) is 8.15. The second kappa shape index (κ2) is 6.11. The molecule has 2 aromatic carbocycles. The van der Waals surface area contributed by atoms with E-state index in [1.165, 1.54) is 4.90 Å². The average molecular weight is 322 g/mol. The molecule has 1 saturated heterocycles. The van der Waals surface area contributed by atoms with Crippen molar-refractivity contribution >= 4 is 23.2 Å². The molecule has 124 valence electrons. The number of rotatable bonds is 3. The molecule has 3 rings (SSSR count). The quantitative estimate of drug-likeness (QED) is 0.877. The lowest BCUT2D eigenvalue weighted by atomic mass is 10.1. The number of anilines is 2. The fourth-order valence-electron chi connectivity index (χ4n) is 3.22. The minimum atomic E-state index is -0.517. The molecule has 1 aliphatic rings. The van der Waals surface area contributed by atoms with Crippen LogP contribution < -0.4 is 10.2 Å². The van der Waals surface area contributed by atoms with Crippen LogP contribution in [0.1, 0.15) is 28.7 Å². The van der Waals surface area contributed by atoms with Gasteiger partial charge in [0, 0.05) is 5.69 Å². The summed E-state index contributed by atoms with van der Waals surface area (Å²) in [5.41, 5.74) is 5.67. The van der Waals surface area contributed by atoms with Gasteiger partial charge in [0.05, 0.1) is 12.1 Å². The molecule has 1 fully saturated rings. The number of benzene rings is 2. The molecule has 2 aromatic rings. The second-order valence-electron chi connectivity index (χ2n) is 6.53. The summed E-state index contributed by atoms with van der Waals surface area (Å²) in [5.74, 6) is -0.335. The third kappa shape index (κ3) is 2.80. The van der Waals surface area contributed by atoms with Gasteiger partial charge < -0.3 is 5.32 Å². The molecule has 4 heteroatoms. The molecular formula is C20H22N2O2. The van der Waals surface area contributed by atoms with Crippen molar-refractivity contribution in [2.24, 2.45) is 0 Å². The Morgan fingerprint density at radius 2 is 1.62 bits per heavy atom. The van der Waals surface area contributed by atoms with E-state index in [2.05, 4.69) is 5.32 Å². The summed E-state index contributed by atoms with van der Waals surface area (Å²) in [6.07, 6.45) is 0.181. The van der Waals surface area contributed by atoms with Crippen molar-refractivity contribution in [3.05, 3.63) is 58.7 Å². The van der Waals surface area contributed by atoms with Gasteiger partial charge in [-0.2, -0.15) is 0 Å². The zero-order chi connectivity index (χ0) is 17.4. The van der Waals surface area contributed by atoms with Crippen LogP contribution in [-0.4, -0.2) is 17.9 Å². The summed E-state index contributed by atoms with van der Waals surface area (Å²) in [6, 6.07) is 11.3. The summed E-state index contributed by atoms with van der Waals surface area (Å²) >= 11 is 0. The molecule has 1 heterocycles. The minimum Gasteiger partial charge on any atom is -0.373 e. The van der Waals surface area contributed by atoms with E-state index in [9.17, 15) is 9.59 Å². The fourth-order valence-corrected chi connectivity index (χ4v) is 3.22. The van der Waals surface area contributed by atoms with Gasteiger partial charge in [-0.1, -0.05) is 30.3 Å². The molecule has 0 saturated carbocycles. The number of nitrogens with zero attached hydrogens (tertiary/aromatic N) is 1. The summed E-state index contributed by atoms with van der Waals surface area (Å²) < 4.78 is 0. The number of carbonyl (C=O) groups excluding carboxylic acids is 2. The van der Waals surface area contributed by atoms with Gasteiger partial charge in [-0.3, -0.25) is 9.59 Å². The molecule has 0 aromatic heterocycles. The van der Waals surface area contributed by atoms with E-state index in [0.717, 1.165) is 33.6 Å². The molecule has 24 heavy (non-hydrogen) atoms. The van der Waals surface area contributed by atoms with Crippen molar-refractivity contribution < 1.29 is 9.59 Å². The monoisotopic (exact) mass is 322 g/mol. The minimum absolute atomic E-state index is 0.153. The van der Waals surface area contributed by atoms with E-state index in [0.29, 0.717) is 0 Å². The molecule has 4 nitrogen and oxygen atoms in total. The van der Waals surface area contributed by atoms with Crippen LogP contribution in [0.4, 0.5) is 11.4 Å². The van der Waals surface area contributed by atoms with Crippen LogP contribution in [0, 0.1) is 27.7 Å². The largest absolute Gasteiger partial charge is 0.373 e. The van der Waals surface area contributed by atoms with Gasteiger partial charge in [-0.25, -0.2) is 4.90 Å². The number of carbonyl (C=O) groups is 2. The first-order valence-corrected chi connectivity index (χ1v) is 8.15. The van der Waals surface area contributed by atoms with Gasteiger partial charge in [-0.05, 0) is 56.0 Å². The normalized spacial score (nSPS) is 17.5. The predicted octanol–water partition coefficient (Wildman–Crippen LogP) is 3.66. The molecule has 0 spiro atoms. The summed E-state index contributed by atoms with van der Waals surface area (Å²) in [6.45, 7) is 7.85. The van der Waals surface area contributed by atoms with Crippen molar-refractivity contribution in [3.8, 4) is 0 Å². The highest BCUT2D eigenvalue weighted by Gasteiger charge is 2.40. The molecule has 1 atom stereocenters. The summed E-state index contributed by atoms with van der Waals surface area (Å²) in [5, 5.41) is 3.26. The number of aryl methyl sites for hydroxylation is 4. The Morgan fingerprint density at radius 1 is 0.958 bits per heavy atom. The number of amides is 2. The first-order chi connectivity index (χ1) is 11.4. The van der Waals surface area contributed by atoms with Gasteiger partial charge in [0.2, 0.25) is 5.91 Å². The maximum atomic E-state index is 12.9. The van der Waals surface area contributed by atoms with Crippen molar-refractivity contribution in [1.29, 1.82) is 0 Å². The second-order valence-corrected chi connectivity index (χ2v) is 6.53. The van der Waals surface area contributed by atoms with Gasteiger partial charge in [-0.15, -0.1) is 0 Å². The van der Waals surface area contributed by atoms with Crippen molar-refractivity contribution in [2.45, 2.75) is 40.2 Å².